The first-order chi connectivity index (χ1) is 6.92. The van der Waals surface area contributed by atoms with E-state index in [2.05, 4.69) is 22.9 Å². The second-order valence-electron chi connectivity index (χ2n) is 4.77. The molecule has 1 nitrogen and oxygen atoms in total. The molecule has 0 spiro atoms. The van der Waals surface area contributed by atoms with Gasteiger partial charge in [0.15, 0.2) is 0 Å². The average molecular weight is 213 g/mol. The van der Waals surface area contributed by atoms with Crippen LogP contribution >= 0.6 is 11.8 Å². The summed E-state index contributed by atoms with van der Waals surface area (Å²) in [4.78, 5) is 2.74. The molecule has 1 saturated carbocycles. The van der Waals surface area contributed by atoms with Crippen LogP contribution in [0.4, 0.5) is 0 Å². The molecule has 2 rings (SSSR count). The molecule has 1 heterocycles. The summed E-state index contributed by atoms with van der Waals surface area (Å²) in [6, 6.07) is 0. The molecule has 1 atom stereocenters. The molecule has 0 radical (unpaired) electrons. The Morgan fingerprint density at radius 1 is 1.00 bits per heavy atom. The first kappa shape index (κ1) is 10.8. The maximum Gasteiger partial charge on any atom is 0.0582 e. The zero-order valence-electron chi connectivity index (χ0n) is 9.37. The van der Waals surface area contributed by atoms with Crippen LogP contribution in [0.1, 0.15) is 44.9 Å². The maximum atomic E-state index is 2.74. The summed E-state index contributed by atoms with van der Waals surface area (Å²) in [5.41, 5.74) is 0. The second-order valence-corrected chi connectivity index (χ2v) is 5.72. The van der Waals surface area contributed by atoms with Crippen LogP contribution in [0.25, 0.3) is 0 Å². The Morgan fingerprint density at radius 3 is 2.21 bits per heavy atom. The van der Waals surface area contributed by atoms with Crippen molar-refractivity contribution >= 4 is 11.8 Å². The van der Waals surface area contributed by atoms with E-state index in [1.165, 1.54) is 58.0 Å². The summed E-state index contributed by atoms with van der Waals surface area (Å²) in [7, 11) is 0. The quantitative estimate of drug-likeness (QED) is 0.707. The summed E-state index contributed by atoms with van der Waals surface area (Å²) in [5.74, 6) is 0.997. The van der Waals surface area contributed by atoms with Gasteiger partial charge >= 0.3 is 0 Å². The number of hydrogen-bond donors (Lipinski definition) is 0. The third-order valence-corrected chi connectivity index (χ3v) is 4.96. The fraction of sp³-hybridized carbons (Fsp3) is 1.00. The second kappa shape index (κ2) is 5.41. The minimum Gasteiger partial charge on any atom is -0.291 e. The van der Waals surface area contributed by atoms with Crippen molar-refractivity contribution in [1.82, 2.24) is 4.90 Å². The molecule has 2 heteroatoms. The lowest BCUT2D eigenvalue weighted by Crippen LogP contribution is -2.37. The monoisotopic (exact) mass is 213 g/mol. The molecular formula is C12H23NS. The van der Waals surface area contributed by atoms with Gasteiger partial charge in [-0.05, 0) is 50.9 Å². The summed E-state index contributed by atoms with van der Waals surface area (Å²) in [6.07, 6.45) is 12.6. The summed E-state index contributed by atoms with van der Waals surface area (Å²) in [6.45, 7) is 2.73. The van der Waals surface area contributed by atoms with Crippen LogP contribution in [0.3, 0.4) is 0 Å². The van der Waals surface area contributed by atoms with Gasteiger partial charge in [0.05, 0.1) is 5.37 Å². The Kier molecular flexibility index (Phi) is 4.18. The summed E-state index contributed by atoms with van der Waals surface area (Å²) < 4.78 is 0. The van der Waals surface area contributed by atoms with Gasteiger partial charge in [-0.3, -0.25) is 4.90 Å². The van der Waals surface area contributed by atoms with E-state index in [0.29, 0.717) is 0 Å². The standard InChI is InChI=1S/C12H23NS/c1-14-12(13-9-5-6-10-13)11-7-3-2-4-8-11/h11-12H,2-10H2,1H3. The fourth-order valence-corrected chi connectivity index (χ4v) is 4.22. The number of nitrogens with zero attached hydrogens (tertiary/aromatic N) is 1. The van der Waals surface area contributed by atoms with Gasteiger partial charge in [0, 0.05) is 0 Å². The highest BCUT2D eigenvalue weighted by atomic mass is 32.2. The largest absolute Gasteiger partial charge is 0.291 e. The van der Waals surface area contributed by atoms with Crippen LogP contribution in [-0.4, -0.2) is 29.6 Å². The highest BCUT2D eigenvalue weighted by molar-refractivity contribution is 7.99. The third-order valence-electron chi connectivity index (χ3n) is 3.80. The molecule has 1 unspecified atom stereocenters. The van der Waals surface area contributed by atoms with Crippen molar-refractivity contribution in [1.29, 1.82) is 0 Å². The molecule has 0 aromatic carbocycles. The Balaban J connectivity index is 1.89. The molecule has 2 aliphatic rings. The topological polar surface area (TPSA) is 3.24 Å². The van der Waals surface area contributed by atoms with E-state index in [1.54, 1.807) is 0 Å². The van der Waals surface area contributed by atoms with Gasteiger partial charge in [0.1, 0.15) is 0 Å². The van der Waals surface area contributed by atoms with Crippen LogP contribution in [0, 0.1) is 5.92 Å². The molecule has 0 bridgehead atoms. The molecule has 82 valence electrons. The zero-order chi connectivity index (χ0) is 9.80. The van der Waals surface area contributed by atoms with Gasteiger partial charge in [-0.25, -0.2) is 0 Å². The van der Waals surface area contributed by atoms with Crippen molar-refractivity contribution in [3.8, 4) is 0 Å². The van der Waals surface area contributed by atoms with Crippen LogP contribution in [0.2, 0.25) is 0 Å². The molecular weight excluding hydrogens is 190 g/mol. The van der Waals surface area contributed by atoms with E-state index in [-0.39, 0.29) is 0 Å². The van der Waals surface area contributed by atoms with Crippen LogP contribution in [-0.2, 0) is 0 Å². The molecule has 0 N–H and O–H groups in total. The van der Waals surface area contributed by atoms with Crippen molar-refractivity contribution in [3.63, 3.8) is 0 Å². The maximum absolute atomic E-state index is 2.74. The van der Waals surface area contributed by atoms with Crippen molar-refractivity contribution in [2.45, 2.75) is 50.3 Å². The van der Waals surface area contributed by atoms with E-state index < -0.39 is 0 Å². The summed E-state index contributed by atoms with van der Waals surface area (Å²) >= 11 is 2.10. The van der Waals surface area contributed by atoms with E-state index in [0.717, 1.165) is 11.3 Å². The average Bonchev–Trinajstić information content (AvgIpc) is 2.74. The summed E-state index contributed by atoms with van der Waals surface area (Å²) in [5, 5.41) is 0.845. The van der Waals surface area contributed by atoms with Crippen molar-refractivity contribution < 1.29 is 0 Å². The predicted octanol–water partition coefficient (Wildman–Crippen LogP) is 3.35. The lowest BCUT2D eigenvalue weighted by Gasteiger charge is -2.35. The first-order valence-electron chi connectivity index (χ1n) is 6.18. The number of thioether (sulfide) groups is 1. The van der Waals surface area contributed by atoms with Crippen LogP contribution < -0.4 is 0 Å². The van der Waals surface area contributed by atoms with Crippen molar-refractivity contribution in [2.24, 2.45) is 5.92 Å². The minimum atomic E-state index is 0.845. The number of rotatable bonds is 3. The van der Waals surface area contributed by atoms with E-state index >= 15 is 0 Å². The van der Waals surface area contributed by atoms with E-state index in [4.69, 9.17) is 0 Å². The molecule has 1 aliphatic carbocycles. The molecule has 0 amide bonds. The molecule has 0 aromatic rings. The van der Waals surface area contributed by atoms with Gasteiger partial charge < -0.3 is 0 Å². The Labute approximate surface area is 92.6 Å². The fourth-order valence-electron chi connectivity index (χ4n) is 3.06. The van der Waals surface area contributed by atoms with Crippen molar-refractivity contribution in [3.05, 3.63) is 0 Å². The normalized spacial score (nSPS) is 28.1. The SMILES string of the molecule is CSC(C1CCCCC1)N1CCCC1. The minimum absolute atomic E-state index is 0.845. The van der Waals surface area contributed by atoms with Gasteiger partial charge in [0.2, 0.25) is 0 Å². The smallest absolute Gasteiger partial charge is 0.0582 e. The highest BCUT2D eigenvalue weighted by Gasteiger charge is 2.29. The Bertz CT molecular complexity index is 160. The Hall–Kier alpha value is 0.310. The zero-order valence-corrected chi connectivity index (χ0v) is 10.2. The molecule has 0 aromatic heterocycles. The molecule has 2 fully saturated rings. The van der Waals surface area contributed by atoms with Crippen molar-refractivity contribution in [2.75, 3.05) is 19.3 Å². The Morgan fingerprint density at radius 2 is 1.64 bits per heavy atom. The number of likely N-dealkylation sites (tertiary alicyclic amines) is 1. The van der Waals surface area contributed by atoms with E-state index in [9.17, 15) is 0 Å². The lowest BCUT2D eigenvalue weighted by molar-refractivity contribution is 0.208. The van der Waals surface area contributed by atoms with Crippen LogP contribution in [0.5, 0.6) is 0 Å². The molecule has 14 heavy (non-hydrogen) atoms. The van der Waals surface area contributed by atoms with Gasteiger partial charge in [-0.2, -0.15) is 0 Å². The van der Waals surface area contributed by atoms with Gasteiger partial charge in [0.25, 0.3) is 0 Å². The first-order valence-corrected chi connectivity index (χ1v) is 7.47. The highest BCUT2D eigenvalue weighted by Crippen LogP contribution is 2.34. The molecule has 1 aliphatic heterocycles. The lowest BCUT2D eigenvalue weighted by atomic mass is 9.88. The predicted molar refractivity (Wildman–Crippen MR) is 64.7 cm³/mol. The van der Waals surface area contributed by atoms with Gasteiger partial charge in [-0.1, -0.05) is 19.3 Å². The van der Waals surface area contributed by atoms with Crippen LogP contribution in [0.15, 0.2) is 0 Å². The molecule has 1 saturated heterocycles. The number of hydrogen-bond acceptors (Lipinski definition) is 2. The van der Waals surface area contributed by atoms with E-state index in [1.807, 2.05) is 0 Å². The van der Waals surface area contributed by atoms with Gasteiger partial charge in [-0.15, -0.1) is 11.8 Å². The third kappa shape index (κ3) is 2.46.